The zero-order valence-electron chi connectivity index (χ0n) is 10.6. The average molecular weight is 286 g/mol. The average Bonchev–Trinajstić information content (AvgIpc) is 2.97. The lowest BCUT2D eigenvalue weighted by Gasteiger charge is -2.09. The molecule has 6 heteroatoms. The molecule has 1 heterocycles. The van der Waals surface area contributed by atoms with Gasteiger partial charge in [0.05, 0.1) is 5.69 Å². The molecule has 1 aromatic heterocycles. The van der Waals surface area contributed by atoms with Crippen LogP contribution in [0.2, 0.25) is 0 Å². The molecule has 0 aliphatic heterocycles. The highest BCUT2D eigenvalue weighted by molar-refractivity contribution is 6.17. The molecule has 5 nitrogen and oxygen atoms in total. The van der Waals surface area contributed by atoms with Crippen molar-refractivity contribution in [1.82, 2.24) is 20.2 Å². The first-order valence-electron chi connectivity index (χ1n) is 6.13. The van der Waals surface area contributed by atoms with Gasteiger partial charge in [-0.1, -0.05) is 41.5 Å². The minimum Gasteiger partial charge on any atom is -0.322 e. The molecule has 0 bridgehead atoms. The van der Waals surface area contributed by atoms with Crippen LogP contribution < -0.4 is 5.32 Å². The van der Waals surface area contributed by atoms with Gasteiger partial charge in [-0.3, -0.25) is 0 Å². The molecule has 20 heavy (non-hydrogen) atoms. The van der Waals surface area contributed by atoms with E-state index in [-0.39, 0.29) is 0 Å². The van der Waals surface area contributed by atoms with Gasteiger partial charge in [0.25, 0.3) is 5.95 Å². The van der Waals surface area contributed by atoms with Crippen LogP contribution in [0.5, 0.6) is 0 Å². The Balaban J connectivity index is 1.95. The van der Waals surface area contributed by atoms with Gasteiger partial charge in [0.15, 0.2) is 0 Å². The van der Waals surface area contributed by atoms with Crippen LogP contribution >= 0.6 is 11.6 Å². The minimum atomic E-state index is 0.427. The molecule has 2 aromatic carbocycles. The fraction of sp³-hybridized carbons (Fsp3) is 0.0714. The van der Waals surface area contributed by atoms with Crippen LogP contribution in [0.25, 0.3) is 5.69 Å². The number of aromatic nitrogens is 4. The van der Waals surface area contributed by atoms with E-state index in [2.05, 4.69) is 20.8 Å². The summed E-state index contributed by atoms with van der Waals surface area (Å²) in [5.41, 5.74) is 2.79. The third-order valence-electron chi connectivity index (χ3n) is 2.88. The van der Waals surface area contributed by atoms with Crippen LogP contribution in [-0.2, 0) is 5.88 Å². The molecule has 0 saturated heterocycles. The summed E-state index contributed by atoms with van der Waals surface area (Å²) in [6.45, 7) is 0. The molecule has 0 radical (unpaired) electrons. The molecule has 0 aliphatic carbocycles. The fourth-order valence-corrected chi connectivity index (χ4v) is 2.12. The Morgan fingerprint density at radius 1 is 1.00 bits per heavy atom. The number of alkyl halides is 1. The first-order valence-corrected chi connectivity index (χ1v) is 6.66. The van der Waals surface area contributed by atoms with Crippen molar-refractivity contribution in [2.75, 3.05) is 5.32 Å². The Morgan fingerprint density at radius 3 is 2.55 bits per heavy atom. The molecule has 0 saturated carbocycles. The van der Waals surface area contributed by atoms with E-state index < -0.39 is 0 Å². The lowest BCUT2D eigenvalue weighted by atomic mass is 10.2. The number of tetrazole rings is 1. The zero-order valence-corrected chi connectivity index (χ0v) is 11.3. The van der Waals surface area contributed by atoms with Gasteiger partial charge >= 0.3 is 0 Å². The van der Waals surface area contributed by atoms with Gasteiger partial charge < -0.3 is 5.32 Å². The Kier molecular flexibility index (Phi) is 3.60. The molecule has 0 atom stereocenters. The summed E-state index contributed by atoms with van der Waals surface area (Å²) in [4.78, 5) is 0. The summed E-state index contributed by atoms with van der Waals surface area (Å²) in [7, 11) is 0. The third-order valence-corrected chi connectivity index (χ3v) is 3.17. The maximum Gasteiger partial charge on any atom is 0.252 e. The monoisotopic (exact) mass is 285 g/mol. The number of nitrogens with zero attached hydrogens (tertiary/aromatic N) is 4. The smallest absolute Gasteiger partial charge is 0.252 e. The molecule has 0 spiro atoms. The Bertz CT molecular complexity index is 696. The quantitative estimate of drug-likeness (QED) is 0.748. The van der Waals surface area contributed by atoms with Crippen LogP contribution in [-0.4, -0.2) is 20.2 Å². The lowest BCUT2D eigenvalue weighted by Crippen LogP contribution is -2.04. The fourth-order valence-electron chi connectivity index (χ4n) is 1.89. The molecule has 3 aromatic rings. The minimum absolute atomic E-state index is 0.427. The molecule has 100 valence electrons. The van der Waals surface area contributed by atoms with Gasteiger partial charge in [-0.25, -0.2) is 0 Å². The van der Waals surface area contributed by atoms with Gasteiger partial charge in [0, 0.05) is 11.6 Å². The summed E-state index contributed by atoms with van der Waals surface area (Å²) in [6.07, 6.45) is 0. The molecule has 0 amide bonds. The summed E-state index contributed by atoms with van der Waals surface area (Å²) in [5.74, 6) is 0.976. The topological polar surface area (TPSA) is 55.6 Å². The Hall–Kier alpha value is -2.40. The molecule has 0 unspecified atom stereocenters. The third kappa shape index (κ3) is 2.48. The number of benzene rings is 2. The Morgan fingerprint density at radius 2 is 1.75 bits per heavy atom. The van der Waals surface area contributed by atoms with Crippen molar-refractivity contribution in [2.24, 2.45) is 0 Å². The van der Waals surface area contributed by atoms with Crippen molar-refractivity contribution in [1.29, 1.82) is 0 Å². The van der Waals surface area contributed by atoms with Crippen LogP contribution in [0.1, 0.15) is 5.56 Å². The van der Waals surface area contributed by atoms with E-state index in [1.54, 1.807) is 4.68 Å². The van der Waals surface area contributed by atoms with Gasteiger partial charge in [-0.2, -0.15) is 4.68 Å². The number of halogens is 1. The van der Waals surface area contributed by atoms with E-state index >= 15 is 0 Å². The van der Waals surface area contributed by atoms with E-state index in [0.717, 1.165) is 16.9 Å². The number of para-hydroxylation sites is 2. The number of hydrogen-bond donors (Lipinski definition) is 1. The second-order valence-electron chi connectivity index (χ2n) is 4.17. The standard InChI is InChI=1S/C14H12ClN5/c15-10-11-6-4-5-9-13(11)16-14-17-18-19-20(14)12-7-2-1-3-8-12/h1-9H,10H2,(H,16,17,19). The molecule has 0 aliphatic rings. The van der Waals surface area contributed by atoms with Crippen molar-refractivity contribution in [3.8, 4) is 5.69 Å². The summed E-state index contributed by atoms with van der Waals surface area (Å²) >= 11 is 5.93. The number of rotatable bonds is 4. The summed E-state index contributed by atoms with van der Waals surface area (Å²) in [6, 6.07) is 17.5. The van der Waals surface area contributed by atoms with E-state index in [1.165, 1.54) is 0 Å². The second kappa shape index (κ2) is 5.71. The number of nitrogens with one attached hydrogen (secondary N) is 1. The van der Waals surface area contributed by atoms with Gasteiger partial charge in [-0.15, -0.1) is 11.6 Å². The summed E-state index contributed by atoms with van der Waals surface area (Å²) in [5, 5.41) is 14.9. The van der Waals surface area contributed by atoms with Crippen molar-refractivity contribution in [3.05, 3.63) is 60.2 Å². The second-order valence-corrected chi connectivity index (χ2v) is 4.43. The van der Waals surface area contributed by atoms with E-state index in [0.29, 0.717) is 11.8 Å². The zero-order chi connectivity index (χ0) is 13.8. The van der Waals surface area contributed by atoms with Gasteiger partial charge in [0.1, 0.15) is 0 Å². The highest BCUT2D eigenvalue weighted by Crippen LogP contribution is 2.21. The SMILES string of the molecule is ClCc1ccccc1Nc1nnnn1-c1ccccc1. The van der Waals surface area contributed by atoms with Crippen molar-refractivity contribution < 1.29 is 0 Å². The van der Waals surface area contributed by atoms with Crippen molar-refractivity contribution in [3.63, 3.8) is 0 Å². The highest BCUT2D eigenvalue weighted by Gasteiger charge is 2.09. The molecular weight excluding hydrogens is 274 g/mol. The van der Waals surface area contributed by atoms with E-state index in [1.807, 2.05) is 54.6 Å². The number of anilines is 2. The largest absolute Gasteiger partial charge is 0.322 e. The Labute approximate surface area is 121 Å². The molecule has 1 N–H and O–H groups in total. The van der Waals surface area contributed by atoms with Crippen LogP contribution in [0.3, 0.4) is 0 Å². The molecule has 0 fully saturated rings. The van der Waals surface area contributed by atoms with Crippen molar-refractivity contribution in [2.45, 2.75) is 5.88 Å². The normalized spacial score (nSPS) is 10.4. The predicted molar refractivity (Wildman–Crippen MR) is 78.4 cm³/mol. The summed E-state index contributed by atoms with van der Waals surface area (Å²) < 4.78 is 1.64. The van der Waals surface area contributed by atoms with Gasteiger partial charge in [0.2, 0.25) is 0 Å². The first kappa shape index (κ1) is 12.6. The molecule has 3 rings (SSSR count). The highest BCUT2D eigenvalue weighted by atomic mass is 35.5. The first-order chi connectivity index (χ1) is 9.88. The molecular formula is C14H12ClN5. The van der Waals surface area contributed by atoms with E-state index in [4.69, 9.17) is 11.6 Å². The van der Waals surface area contributed by atoms with Crippen LogP contribution in [0.4, 0.5) is 11.6 Å². The van der Waals surface area contributed by atoms with Crippen LogP contribution in [0.15, 0.2) is 54.6 Å². The van der Waals surface area contributed by atoms with Gasteiger partial charge in [-0.05, 0) is 34.2 Å². The predicted octanol–water partition coefficient (Wildman–Crippen LogP) is 3.14. The number of hydrogen-bond acceptors (Lipinski definition) is 4. The van der Waals surface area contributed by atoms with Crippen molar-refractivity contribution >= 4 is 23.2 Å². The van der Waals surface area contributed by atoms with Crippen LogP contribution in [0, 0.1) is 0 Å². The maximum atomic E-state index is 5.93. The maximum absolute atomic E-state index is 5.93. The van der Waals surface area contributed by atoms with E-state index in [9.17, 15) is 0 Å². The lowest BCUT2D eigenvalue weighted by molar-refractivity contribution is 0.791.